The molecular formula is C5H4NS. The Morgan fingerprint density at radius 3 is 3.00 bits per heavy atom. The highest BCUT2D eigenvalue weighted by Crippen LogP contribution is 1.92. The molecule has 0 bridgehead atoms. The zero-order valence-electron chi connectivity index (χ0n) is 3.72. The highest BCUT2D eigenvalue weighted by Gasteiger charge is 1.90. The standard InChI is InChI=1S/C5H4NS/c7-5-2-1-3-6-4-5/h1,3H,2H2. The van der Waals surface area contributed by atoms with E-state index in [-0.39, 0.29) is 0 Å². The summed E-state index contributed by atoms with van der Waals surface area (Å²) in [6.45, 7) is 0. The smallest absolute Gasteiger partial charge is 0.104 e. The van der Waals surface area contributed by atoms with E-state index in [2.05, 4.69) is 11.2 Å². The monoisotopic (exact) mass is 110 g/mol. The van der Waals surface area contributed by atoms with Crippen molar-refractivity contribution in [2.75, 3.05) is 0 Å². The molecule has 7 heavy (non-hydrogen) atoms. The fraction of sp³-hybridized carbons (Fsp3) is 0.200. The van der Waals surface area contributed by atoms with Gasteiger partial charge in [0.25, 0.3) is 0 Å². The third-order valence-electron chi connectivity index (χ3n) is 0.672. The molecule has 0 saturated carbocycles. The Morgan fingerprint density at radius 2 is 2.71 bits per heavy atom. The molecule has 0 aromatic rings. The van der Waals surface area contributed by atoms with Gasteiger partial charge >= 0.3 is 0 Å². The van der Waals surface area contributed by atoms with E-state index in [1.165, 1.54) is 0 Å². The van der Waals surface area contributed by atoms with Gasteiger partial charge in [0.05, 0.1) is 0 Å². The van der Waals surface area contributed by atoms with Gasteiger partial charge in [0.2, 0.25) is 0 Å². The van der Waals surface area contributed by atoms with Gasteiger partial charge in [0.1, 0.15) is 6.21 Å². The Kier molecular flexibility index (Phi) is 1.32. The molecule has 0 saturated heterocycles. The van der Waals surface area contributed by atoms with E-state index < -0.39 is 0 Å². The van der Waals surface area contributed by atoms with E-state index in [0.717, 1.165) is 11.3 Å². The molecule has 35 valence electrons. The van der Waals surface area contributed by atoms with Gasteiger partial charge in [-0.2, -0.15) is 0 Å². The fourth-order valence-corrected chi connectivity index (χ4v) is 0.516. The van der Waals surface area contributed by atoms with Crippen molar-refractivity contribution in [2.45, 2.75) is 6.42 Å². The largest absolute Gasteiger partial charge is 0.254 e. The molecular weight excluding hydrogens is 106 g/mol. The molecule has 0 aromatic carbocycles. The van der Waals surface area contributed by atoms with Crippen molar-refractivity contribution >= 4 is 23.3 Å². The first-order valence-corrected chi connectivity index (χ1v) is 2.44. The third kappa shape index (κ3) is 1.20. The highest BCUT2D eigenvalue weighted by molar-refractivity contribution is 7.81. The van der Waals surface area contributed by atoms with Gasteiger partial charge < -0.3 is 0 Å². The first-order valence-electron chi connectivity index (χ1n) is 2.03. The maximum absolute atomic E-state index is 4.75. The molecule has 0 fully saturated rings. The second kappa shape index (κ2) is 1.98. The van der Waals surface area contributed by atoms with Crippen LogP contribution in [0.5, 0.6) is 0 Å². The number of hydrogen-bond donors (Lipinski definition) is 0. The van der Waals surface area contributed by atoms with Crippen molar-refractivity contribution in [1.82, 2.24) is 0 Å². The van der Waals surface area contributed by atoms with Crippen LogP contribution in [0.2, 0.25) is 0 Å². The Balaban J connectivity index is 2.66. The lowest BCUT2D eigenvalue weighted by Gasteiger charge is -1.90. The lowest BCUT2D eigenvalue weighted by atomic mass is 10.3. The van der Waals surface area contributed by atoms with Crippen molar-refractivity contribution in [2.24, 2.45) is 4.99 Å². The maximum Gasteiger partial charge on any atom is 0.104 e. The van der Waals surface area contributed by atoms with Gasteiger partial charge in [-0.3, -0.25) is 4.99 Å². The quantitative estimate of drug-likeness (QED) is 0.427. The molecule has 1 radical (unpaired) electrons. The second-order valence-electron chi connectivity index (χ2n) is 1.25. The maximum atomic E-state index is 4.75. The SMILES string of the molecule is S=C1[C]=NC=CC1. The molecule has 2 heteroatoms. The van der Waals surface area contributed by atoms with Crippen LogP contribution in [0.1, 0.15) is 6.42 Å². The molecule has 0 aliphatic carbocycles. The number of aliphatic imine (C=N–C) groups is 1. The predicted molar refractivity (Wildman–Crippen MR) is 33.8 cm³/mol. The summed E-state index contributed by atoms with van der Waals surface area (Å²) in [5, 5.41) is 0. The molecule has 0 N–H and O–H groups in total. The minimum atomic E-state index is 0.794. The fourth-order valence-electron chi connectivity index (χ4n) is 0.367. The topological polar surface area (TPSA) is 12.4 Å². The number of thiocarbonyl (C=S) groups is 1. The summed E-state index contributed by atoms with van der Waals surface area (Å²) in [7, 11) is 0. The number of nitrogens with zero attached hydrogens (tertiary/aromatic N) is 1. The van der Waals surface area contributed by atoms with Crippen LogP contribution in [-0.2, 0) is 0 Å². The molecule has 1 rings (SSSR count). The Morgan fingerprint density at radius 1 is 1.86 bits per heavy atom. The first-order chi connectivity index (χ1) is 3.39. The van der Waals surface area contributed by atoms with Crippen molar-refractivity contribution < 1.29 is 0 Å². The minimum absolute atomic E-state index is 0.794. The zero-order chi connectivity index (χ0) is 5.11. The predicted octanol–water partition coefficient (Wildman–Crippen LogP) is 1.22. The van der Waals surface area contributed by atoms with Gasteiger partial charge in [0.15, 0.2) is 0 Å². The van der Waals surface area contributed by atoms with E-state index >= 15 is 0 Å². The van der Waals surface area contributed by atoms with Crippen LogP contribution in [0, 0.1) is 0 Å². The van der Waals surface area contributed by atoms with E-state index in [1.807, 2.05) is 6.08 Å². The summed E-state index contributed by atoms with van der Waals surface area (Å²) in [5.74, 6) is 0. The molecule has 0 unspecified atom stereocenters. The molecule has 1 aliphatic heterocycles. The molecule has 0 amide bonds. The Labute approximate surface area is 47.8 Å². The van der Waals surface area contributed by atoms with Gasteiger partial charge in [-0.25, -0.2) is 0 Å². The van der Waals surface area contributed by atoms with Crippen LogP contribution in [0.15, 0.2) is 17.3 Å². The van der Waals surface area contributed by atoms with Gasteiger partial charge in [-0.15, -0.1) is 0 Å². The molecule has 1 heterocycles. The van der Waals surface area contributed by atoms with Crippen molar-refractivity contribution in [3.8, 4) is 0 Å². The average molecular weight is 110 g/mol. The van der Waals surface area contributed by atoms with Crippen LogP contribution >= 0.6 is 12.2 Å². The summed E-state index contributed by atoms with van der Waals surface area (Å²) in [6, 6.07) is 0. The summed E-state index contributed by atoms with van der Waals surface area (Å²) in [6.07, 6.45) is 7.10. The van der Waals surface area contributed by atoms with Gasteiger partial charge in [0, 0.05) is 17.5 Å². The first kappa shape index (κ1) is 4.65. The van der Waals surface area contributed by atoms with Crippen molar-refractivity contribution in [3.63, 3.8) is 0 Å². The Hall–Kier alpha value is -0.500. The minimum Gasteiger partial charge on any atom is -0.254 e. The van der Waals surface area contributed by atoms with Crippen LogP contribution < -0.4 is 0 Å². The molecule has 1 aliphatic rings. The summed E-state index contributed by atoms with van der Waals surface area (Å²) in [4.78, 5) is 4.48. The van der Waals surface area contributed by atoms with Crippen LogP contribution in [0.4, 0.5) is 0 Å². The van der Waals surface area contributed by atoms with Gasteiger partial charge in [-0.1, -0.05) is 18.3 Å². The van der Waals surface area contributed by atoms with Crippen LogP contribution in [0.3, 0.4) is 0 Å². The van der Waals surface area contributed by atoms with E-state index in [0.29, 0.717) is 0 Å². The number of rotatable bonds is 0. The summed E-state index contributed by atoms with van der Waals surface area (Å²) < 4.78 is 0. The zero-order valence-corrected chi connectivity index (χ0v) is 4.53. The van der Waals surface area contributed by atoms with Crippen molar-refractivity contribution in [1.29, 1.82) is 0 Å². The molecule has 0 aromatic heterocycles. The van der Waals surface area contributed by atoms with E-state index in [1.54, 1.807) is 6.20 Å². The Bertz CT molecular complexity index is 135. The summed E-state index contributed by atoms with van der Waals surface area (Å²) in [5.41, 5.74) is 0. The number of hydrogen-bond acceptors (Lipinski definition) is 2. The third-order valence-corrected chi connectivity index (χ3v) is 0.930. The second-order valence-corrected chi connectivity index (χ2v) is 1.75. The lowest BCUT2D eigenvalue weighted by Crippen LogP contribution is -1.94. The van der Waals surface area contributed by atoms with Crippen LogP contribution in [-0.4, -0.2) is 11.1 Å². The van der Waals surface area contributed by atoms with E-state index in [9.17, 15) is 0 Å². The molecule has 1 nitrogen and oxygen atoms in total. The summed E-state index contributed by atoms with van der Waals surface area (Å²) >= 11 is 4.75. The van der Waals surface area contributed by atoms with E-state index in [4.69, 9.17) is 12.2 Å². The molecule has 0 atom stereocenters. The average Bonchev–Trinajstić information content (AvgIpc) is 1.69. The highest BCUT2D eigenvalue weighted by atomic mass is 32.1. The van der Waals surface area contributed by atoms with Gasteiger partial charge in [-0.05, 0) is 0 Å². The van der Waals surface area contributed by atoms with Crippen molar-refractivity contribution in [3.05, 3.63) is 12.3 Å². The molecule has 0 spiro atoms. The number of allylic oxidation sites excluding steroid dienone is 1. The van der Waals surface area contributed by atoms with Crippen LogP contribution in [0.25, 0.3) is 0 Å². The normalized spacial score (nSPS) is 18.0. The lowest BCUT2D eigenvalue weighted by molar-refractivity contribution is 1.44.